The van der Waals surface area contributed by atoms with Gasteiger partial charge >= 0.3 is 5.97 Å². The highest BCUT2D eigenvalue weighted by atomic mass is 16.7. The van der Waals surface area contributed by atoms with E-state index in [1.807, 2.05) is 60.7 Å². The van der Waals surface area contributed by atoms with Crippen molar-refractivity contribution in [3.8, 4) is 0 Å². The zero-order valence-electron chi connectivity index (χ0n) is 21.9. The second-order valence-electron chi connectivity index (χ2n) is 9.65. The van der Waals surface area contributed by atoms with Crippen molar-refractivity contribution in [1.82, 2.24) is 0 Å². The summed E-state index contributed by atoms with van der Waals surface area (Å²) < 4.78 is 24.4. The number of hydrogen-bond acceptors (Lipinski definition) is 6. The van der Waals surface area contributed by atoms with Crippen LogP contribution in [0.25, 0.3) is 0 Å². The van der Waals surface area contributed by atoms with E-state index in [1.165, 1.54) is 6.92 Å². The van der Waals surface area contributed by atoms with Crippen LogP contribution in [0, 0.1) is 11.8 Å². The minimum absolute atomic E-state index is 0.00267. The molecule has 0 bridgehead atoms. The third-order valence-electron chi connectivity index (χ3n) is 7.41. The van der Waals surface area contributed by atoms with Gasteiger partial charge in [0.1, 0.15) is 5.60 Å². The first-order valence-electron chi connectivity index (χ1n) is 12.7. The molecule has 0 radical (unpaired) electrons. The number of carbonyl (C=O) groups excluding carboxylic acids is 1. The highest BCUT2D eigenvalue weighted by molar-refractivity contribution is 5.66. The standard InChI is InChI=1S/C31H36O6/c1-21-22(2)29(36-23(3)33)30(34-4)37-28(21)20-35-31(25-11-7-5-8-12-25,26-13-9-6-10-14-26)27-17-15-24(19-32)16-18-27/h5-18,21-22,28-30,32H,19-20H2,1-4H3/t21-,22-,28?,29?,30-/m0/s1. The van der Waals surface area contributed by atoms with Gasteiger partial charge in [0.2, 0.25) is 0 Å². The molecule has 3 aromatic rings. The number of aliphatic hydroxyl groups is 1. The third kappa shape index (κ3) is 5.63. The van der Waals surface area contributed by atoms with Crippen molar-refractivity contribution < 1.29 is 28.8 Å². The lowest BCUT2D eigenvalue weighted by Crippen LogP contribution is -2.53. The summed E-state index contributed by atoms with van der Waals surface area (Å²) in [4.78, 5) is 11.7. The number of ether oxygens (including phenoxy) is 4. The van der Waals surface area contributed by atoms with E-state index in [0.717, 1.165) is 22.3 Å². The van der Waals surface area contributed by atoms with E-state index in [4.69, 9.17) is 18.9 Å². The predicted octanol–water partition coefficient (Wildman–Crippen LogP) is 5.06. The van der Waals surface area contributed by atoms with Crippen LogP contribution in [0.2, 0.25) is 0 Å². The maximum absolute atomic E-state index is 11.7. The molecule has 6 heteroatoms. The molecule has 0 saturated carbocycles. The molecule has 1 aliphatic heterocycles. The lowest BCUT2D eigenvalue weighted by molar-refractivity contribution is -0.276. The van der Waals surface area contributed by atoms with Crippen LogP contribution in [0.4, 0.5) is 0 Å². The molecule has 1 heterocycles. The maximum atomic E-state index is 11.7. The van der Waals surface area contributed by atoms with Gasteiger partial charge < -0.3 is 24.1 Å². The van der Waals surface area contributed by atoms with Crippen LogP contribution in [0.3, 0.4) is 0 Å². The van der Waals surface area contributed by atoms with Gasteiger partial charge in [-0.2, -0.15) is 0 Å². The van der Waals surface area contributed by atoms with E-state index in [1.54, 1.807) is 7.11 Å². The van der Waals surface area contributed by atoms with Gasteiger partial charge in [-0.1, -0.05) is 98.8 Å². The molecule has 0 aromatic heterocycles. The second kappa shape index (κ2) is 12.0. The summed E-state index contributed by atoms with van der Waals surface area (Å²) in [5, 5.41) is 9.63. The SMILES string of the molecule is CO[C@H]1OC(COC(c2ccccc2)(c2ccccc2)c2ccc(CO)cc2)[C@@H](C)[C@H](C)C1OC(C)=O. The van der Waals surface area contributed by atoms with Gasteiger partial charge in [0.25, 0.3) is 0 Å². The van der Waals surface area contributed by atoms with Gasteiger partial charge in [0.15, 0.2) is 12.4 Å². The smallest absolute Gasteiger partial charge is 0.303 e. The molecular weight excluding hydrogens is 468 g/mol. The average Bonchev–Trinajstić information content (AvgIpc) is 2.94. The molecule has 1 aliphatic rings. The van der Waals surface area contributed by atoms with Crippen molar-refractivity contribution in [3.63, 3.8) is 0 Å². The van der Waals surface area contributed by atoms with Crippen molar-refractivity contribution >= 4 is 5.97 Å². The molecule has 6 nitrogen and oxygen atoms in total. The van der Waals surface area contributed by atoms with Gasteiger partial charge in [0, 0.05) is 20.0 Å². The number of hydrogen-bond donors (Lipinski definition) is 1. The Kier molecular flexibility index (Phi) is 8.77. The average molecular weight is 505 g/mol. The largest absolute Gasteiger partial charge is 0.457 e. The summed E-state index contributed by atoms with van der Waals surface area (Å²) in [5.74, 6) is -0.317. The lowest BCUT2D eigenvalue weighted by atomic mass is 9.79. The van der Waals surface area contributed by atoms with E-state index in [0.29, 0.717) is 0 Å². The van der Waals surface area contributed by atoms with Gasteiger partial charge in [-0.15, -0.1) is 0 Å². The molecule has 4 rings (SSSR count). The number of carbonyl (C=O) groups is 1. The Morgan fingerprint density at radius 1 is 0.865 bits per heavy atom. The van der Waals surface area contributed by atoms with E-state index in [9.17, 15) is 9.90 Å². The minimum Gasteiger partial charge on any atom is -0.457 e. The molecule has 1 saturated heterocycles. The number of benzene rings is 3. The number of rotatable bonds is 9. The fourth-order valence-corrected chi connectivity index (χ4v) is 5.14. The van der Waals surface area contributed by atoms with Gasteiger partial charge in [-0.05, 0) is 28.2 Å². The monoisotopic (exact) mass is 504 g/mol. The molecule has 3 aromatic carbocycles. The van der Waals surface area contributed by atoms with Gasteiger partial charge in [-0.25, -0.2) is 0 Å². The summed E-state index contributed by atoms with van der Waals surface area (Å²) in [6, 6.07) is 28.1. The van der Waals surface area contributed by atoms with Crippen LogP contribution in [-0.2, 0) is 35.9 Å². The zero-order valence-corrected chi connectivity index (χ0v) is 21.9. The molecule has 0 spiro atoms. The van der Waals surface area contributed by atoms with Gasteiger partial charge in [0.05, 0.1) is 19.3 Å². The molecule has 5 atom stereocenters. The molecule has 1 fully saturated rings. The van der Waals surface area contributed by atoms with E-state index in [-0.39, 0.29) is 37.1 Å². The highest BCUT2D eigenvalue weighted by Crippen LogP contribution is 2.42. The van der Waals surface area contributed by atoms with E-state index >= 15 is 0 Å². The van der Waals surface area contributed by atoms with E-state index in [2.05, 4.69) is 38.1 Å². The van der Waals surface area contributed by atoms with Crippen LogP contribution in [0.15, 0.2) is 84.9 Å². The summed E-state index contributed by atoms with van der Waals surface area (Å²) in [7, 11) is 1.56. The first-order valence-corrected chi connectivity index (χ1v) is 12.7. The maximum Gasteiger partial charge on any atom is 0.303 e. The zero-order chi connectivity index (χ0) is 26.4. The Morgan fingerprint density at radius 2 is 1.41 bits per heavy atom. The summed E-state index contributed by atoms with van der Waals surface area (Å²) in [5.41, 5.74) is 2.82. The van der Waals surface area contributed by atoms with Crippen LogP contribution in [0.1, 0.15) is 43.0 Å². The normalized spacial score (nSPS) is 24.0. The Hall–Kier alpha value is -3.03. The first kappa shape index (κ1) is 27.0. The second-order valence-corrected chi connectivity index (χ2v) is 9.65. The summed E-state index contributed by atoms with van der Waals surface area (Å²) in [6.45, 7) is 5.79. The van der Waals surface area contributed by atoms with Crippen LogP contribution < -0.4 is 0 Å². The fraction of sp³-hybridized carbons (Fsp3) is 0.387. The minimum atomic E-state index is -0.919. The number of aliphatic hydroxyl groups excluding tert-OH is 1. The van der Waals surface area contributed by atoms with E-state index < -0.39 is 18.0 Å². The molecule has 0 amide bonds. The molecule has 37 heavy (non-hydrogen) atoms. The first-order chi connectivity index (χ1) is 17.9. The highest BCUT2D eigenvalue weighted by Gasteiger charge is 2.46. The quantitative estimate of drug-likeness (QED) is 0.324. The van der Waals surface area contributed by atoms with Crippen molar-refractivity contribution in [2.24, 2.45) is 11.8 Å². The van der Waals surface area contributed by atoms with Crippen molar-refractivity contribution in [2.45, 2.75) is 51.5 Å². The fourth-order valence-electron chi connectivity index (χ4n) is 5.14. The Morgan fingerprint density at radius 3 is 1.89 bits per heavy atom. The van der Waals surface area contributed by atoms with Crippen molar-refractivity contribution in [1.29, 1.82) is 0 Å². The molecule has 1 N–H and O–H groups in total. The molecule has 196 valence electrons. The number of methoxy groups -OCH3 is 1. The summed E-state index contributed by atoms with van der Waals surface area (Å²) >= 11 is 0. The lowest BCUT2D eigenvalue weighted by Gasteiger charge is -2.45. The molecular formula is C31H36O6. The Labute approximate surface area is 219 Å². The Balaban J connectivity index is 1.74. The van der Waals surface area contributed by atoms with Gasteiger partial charge in [-0.3, -0.25) is 4.79 Å². The third-order valence-corrected chi connectivity index (χ3v) is 7.41. The van der Waals surface area contributed by atoms with Crippen LogP contribution in [-0.4, -0.2) is 43.3 Å². The number of esters is 1. The molecule has 0 aliphatic carbocycles. The molecule has 2 unspecified atom stereocenters. The van der Waals surface area contributed by atoms with Crippen molar-refractivity contribution in [3.05, 3.63) is 107 Å². The van der Waals surface area contributed by atoms with Crippen LogP contribution in [0.5, 0.6) is 0 Å². The van der Waals surface area contributed by atoms with Crippen LogP contribution >= 0.6 is 0 Å². The summed E-state index contributed by atoms with van der Waals surface area (Å²) in [6.07, 6.45) is -1.47. The topological polar surface area (TPSA) is 74.2 Å². The Bertz CT molecular complexity index is 1090. The van der Waals surface area contributed by atoms with Crippen molar-refractivity contribution in [2.75, 3.05) is 13.7 Å². The predicted molar refractivity (Wildman–Crippen MR) is 141 cm³/mol.